The lowest BCUT2D eigenvalue weighted by Crippen LogP contribution is -2.41. The van der Waals surface area contributed by atoms with Crippen molar-refractivity contribution in [2.24, 2.45) is 4.99 Å². The molecule has 0 N–H and O–H groups in total. The Morgan fingerprint density at radius 3 is 1.80 bits per heavy atom. The summed E-state index contributed by atoms with van der Waals surface area (Å²) in [7, 11) is -1.77. The van der Waals surface area contributed by atoms with Gasteiger partial charge in [0.2, 0.25) is 5.71 Å². The average Bonchev–Trinajstić information content (AvgIpc) is 2.58. The standard InChI is InChI=1S/C23H37NO5Si/c1-16(2)28-21(25)20(22(26)29-17(3)4)24-19-12-10-18(11-13-19)14-15-27-30(8,9)23(5,6)7/h10-13,16-17H,14-15H2,1-9H3. The summed E-state index contributed by atoms with van der Waals surface area (Å²) >= 11 is 0. The normalized spacial score (nSPS) is 12.1. The van der Waals surface area contributed by atoms with Crippen LogP contribution in [0.4, 0.5) is 5.69 Å². The quantitative estimate of drug-likeness (QED) is 0.230. The molecule has 168 valence electrons. The van der Waals surface area contributed by atoms with Crippen molar-refractivity contribution in [2.45, 2.75) is 85.2 Å². The van der Waals surface area contributed by atoms with E-state index < -0.39 is 20.3 Å². The van der Waals surface area contributed by atoms with Crippen molar-refractivity contribution in [1.29, 1.82) is 0 Å². The van der Waals surface area contributed by atoms with Gasteiger partial charge in [-0.3, -0.25) is 0 Å². The first kappa shape index (κ1) is 26.0. The minimum Gasteiger partial charge on any atom is -0.458 e. The van der Waals surface area contributed by atoms with Crippen LogP contribution in [0.1, 0.15) is 54.0 Å². The van der Waals surface area contributed by atoms with Crippen LogP contribution in [0, 0.1) is 0 Å². The van der Waals surface area contributed by atoms with E-state index in [1.54, 1.807) is 39.8 Å². The Balaban J connectivity index is 2.90. The van der Waals surface area contributed by atoms with Crippen molar-refractivity contribution in [1.82, 2.24) is 0 Å². The first-order valence-corrected chi connectivity index (χ1v) is 13.4. The van der Waals surface area contributed by atoms with Crippen molar-refractivity contribution in [2.75, 3.05) is 6.61 Å². The molecule has 6 nitrogen and oxygen atoms in total. The van der Waals surface area contributed by atoms with Crippen LogP contribution in [0.15, 0.2) is 29.3 Å². The fourth-order valence-electron chi connectivity index (χ4n) is 2.22. The molecule has 0 radical (unpaired) electrons. The molecule has 1 aromatic carbocycles. The number of aliphatic imine (C=N–C) groups is 1. The van der Waals surface area contributed by atoms with E-state index >= 15 is 0 Å². The molecule has 0 fully saturated rings. The van der Waals surface area contributed by atoms with Crippen LogP contribution in [-0.2, 0) is 29.9 Å². The van der Waals surface area contributed by atoms with E-state index in [-0.39, 0.29) is 23.0 Å². The maximum absolute atomic E-state index is 12.3. The van der Waals surface area contributed by atoms with Crippen LogP contribution in [0.2, 0.25) is 18.1 Å². The topological polar surface area (TPSA) is 74.2 Å². The van der Waals surface area contributed by atoms with Crippen molar-refractivity contribution in [3.63, 3.8) is 0 Å². The molecule has 0 heterocycles. The molecule has 0 saturated carbocycles. The smallest absolute Gasteiger partial charge is 0.364 e. The summed E-state index contributed by atoms with van der Waals surface area (Å²) in [6, 6.07) is 7.39. The highest BCUT2D eigenvalue weighted by Crippen LogP contribution is 2.36. The summed E-state index contributed by atoms with van der Waals surface area (Å²) in [5.41, 5.74) is 1.23. The Morgan fingerprint density at radius 2 is 1.40 bits per heavy atom. The number of rotatable bonds is 9. The highest BCUT2D eigenvalue weighted by molar-refractivity contribution is 6.74. The monoisotopic (exact) mass is 435 g/mol. The Labute approximate surface area is 182 Å². The van der Waals surface area contributed by atoms with E-state index in [1.165, 1.54) is 0 Å². The molecule has 0 atom stereocenters. The van der Waals surface area contributed by atoms with Crippen LogP contribution in [0.25, 0.3) is 0 Å². The van der Waals surface area contributed by atoms with Gasteiger partial charge < -0.3 is 13.9 Å². The van der Waals surface area contributed by atoms with Gasteiger partial charge in [0, 0.05) is 6.61 Å². The highest BCUT2D eigenvalue weighted by Gasteiger charge is 2.36. The third-order valence-corrected chi connectivity index (χ3v) is 9.45. The van der Waals surface area contributed by atoms with Gasteiger partial charge in [-0.05, 0) is 69.9 Å². The minimum absolute atomic E-state index is 0.178. The fraction of sp³-hybridized carbons (Fsp3) is 0.609. The van der Waals surface area contributed by atoms with Gasteiger partial charge in [0.15, 0.2) is 8.32 Å². The van der Waals surface area contributed by atoms with Gasteiger partial charge in [-0.1, -0.05) is 32.9 Å². The van der Waals surface area contributed by atoms with E-state index in [0.717, 1.165) is 12.0 Å². The molecule has 0 aliphatic heterocycles. The molecule has 0 amide bonds. The molecule has 0 aliphatic rings. The fourth-order valence-corrected chi connectivity index (χ4v) is 3.27. The van der Waals surface area contributed by atoms with E-state index in [1.807, 2.05) is 12.1 Å². The number of hydrogen-bond acceptors (Lipinski definition) is 6. The molecule has 0 aromatic heterocycles. The Kier molecular flexibility index (Phi) is 9.43. The largest absolute Gasteiger partial charge is 0.458 e. The van der Waals surface area contributed by atoms with Crippen LogP contribution < -0.4 is 0 Å². The molecule has 1 rings (SSSR count). The van der Waals surface area contributed by atoms with Gasteiger partial charge in [0.1, 0.15) is 0 Å². The molecule has 0 unspecified atom stereocenters. The van der Waals surface area contributed by atoms with Gasteiger partial charge >= 0.3 is 11.9 Å². The van der Waals surface area contributed by atoms with Crippen molar-refractivity contribution < 1.29 is 23.5 Å². The summed E-state index contributed by atoms with van der Waals surface area (Å²) in [6.07, 6.45) is 0.0596. The van der Waals surface area contributed by atoms with Gasteiger partial charge in [0.05, 0.1) is 17.9 Å². The maximum Gasteiger partial charge on any atom is 0.364 e. The highest BCUT2D eigenvalue weighted by atomic mass is 28.4. The lowest BCUT2D eigenvalue weighted by atomic mass is 10.1. The van der Waals surface area contributed by atoms with Crippen LogP contribution in [-0.4, -0.2) is 44.8 Å². The van der Waals surface area contributed by atoms with Gasteiger partial charge in [-0.25, -0.2) is 14.6 Å². The minimum atomic E-state index is -1.77. The number of nitrogens with zero attached hydrogens (tertiary/aromatic N) is 1. The average molecular weight is 436 g/mol. The summed E-state index contributed by atoms with van der Waals surface area (Å²) in [4.78, 5) is 28.8. The van der Waals surface area contributed by atoms with Crippen molar-refractivity contribution >= 4 is 31.7 Å². The number of hydrogen-bond donors (Lipinski definition) is 0. The zero-order valence-electron chi connectivity index (χ0n) is 19.9. The third kappa shape index (κ3) is 8.40. The second kappa shape index (κ2) is 10.9. The summed E-state index contributed by atoms with van der Waals surface area (Å²) in [5, 5.41) is 0.178. The Hall–Kier alpha value is -1.99. The lowest BCUT2D eigenvalue weighted by molar-refractivity contribution is -0.144. The lowest BCUT2D eigenvalue weighted by Gasteiger charge is -2.36. The second-order valence-corrected chi connectivity index (χ2v) is 14.2. The number of carbonyl (C=O) groups is 2. The van der Waals surface area contributed by atoms with E-state index in [0.29, 0.717) is 12.3 Å². The molecular formula is C23H37NO5Si. The first-order valence-electron chi connectivity index (χ1n) is 10.5. The van der Waals surface area contributed by atoms with Gasteiger partial charge in [-0.2, -0.15) is 0 Å². The van der Waals surface area contributed by atoms with E-state index in [4.69, 9.17) is 13.9 Å². The van der Waals surface area contributed by atoms with Crippen LogP contribution in [0.3, 0.4) is 0 Å². The molecule has 7 heteroatoms. The molecule has 0 spiro atoms. The van der Waals surface area contributed by atoms with Gasteiger partial charge in [0.25, 0.3) is 0 Å². The first-order chi connectivity index (χ1) is 13.7. The summed E-state index contributed by atoms with van der Waals surface area (Å²) in [6.45, 7) is 18.6. The van der Waals surface area contributed by atoms with Gasteiger partial charge in [-0.15, -0.1) is 0 Å². The van der Waals surface area contributed by atoms with Crippen LogP contribution >= 0.6 is 0 Å². The number of ether oxygens (including phenoxy) is 2. The van der Waals surface area contributed by atoms with Crippen molar-refractivity contribution in [3.8, 4) is 0 Å². The predicted molar refractivity (Wildman–Crippen MR) is 123 cm³/mol. The van der Waals surface area contributed by atoms with E-state index in [9.17, 15) is 9.59 Å². The Morgan fingerprint density at radius 1 is 0.933 bits per heavy atom. The van der Waals surface area contributed by atoms with Crippen LogP contribution in [0.5, 0.6) is 0 Å². The maximum atomic E-state index is 12.3. The predicted octanol–water partition coefficient (Wildman–Crippen LogP) is 5.23. The second-order valence-electron chi connectivity index (χ2n) is 9.39. The zero-order valence-corrected chi connectivity index (χ0v) is 20.9. The van der Waals surface area contributed by atoms with Crippen molar-refractivity contribution in [3.05, 3.63) is 29.8 Å². The Bertz CT molecular complexity index is 722. The zero-order chi connectivity index (χ0) is 23.1. The number of esters is 2. The molecule has 0 aliphatic carbocycles. The number of benzene rings is 1. The summed E-state index contributed by atoms with van der Waals surface area (Å²) < 4.78 is 16.5. The molecule has 0 saturated heterocycles. The van der Waals surface area contributed by atoms with E-state index in [2.05, 4.69) is 38.9 Å². The molecule has 0 bridgehead atoms. The summed E-state index contributed by atoms with van der Waals surface area (Å²) in [5.74, 6) is -1.58. The molecule has 30 heavy (non-hydrogen) atoms. The molecular weight excluding hydrogens is 398 g/mol. The SMILES string of the molecule is CC(C)OC(=O)C(=Nc1ccc(CCO[Si](C)(C)C(C)(C)C)cc1)C(=O)OC(C)C. The number of carbonyl (C=O) groups excluding carboxylic acids is 2. The third-order valence-electron chi connectivity index (χ3n) is 4.91. The molecule has 1 aromatic rings.